The van der Waals surface area contributed by atoms with E-state index < -0.39 is 34.8 Å². The molecule has 3 atom stereocenters. The van der Waals surface area contributed by atoms with Crippen molar-refractivity contribution in [2.45, 2.75) is 19.1 Å². The molecule has 0 bridgehead atoms. The zero-order valence-electron chi connectivity index (χ0n) is 18.5. The van der Waals surface area contributed by atoms with Crippen molar-refractivity contribution in [1.82, 2.24) is 0 Å². The summed E-state index contributed by atoms with van der Waals surface area (Å²) in [7, 11) is 0. The molecular weight excluding hydrogens is 452 g/mol. The fourth-order valence-electron chi connectivity index (χ4n) is 4.50. The van der Waals surface area contributed by atoms with Crippen molar-refractivity contribution < 1.29 is 24.1 Å². The Kier molecular flexibility index (Phi) is 5.50. The van der Waals surface area contributed by atoms with Crippen LogP contribution in [0, 0.1) is 16.0 Å². The normalized spacial score (nSPS) is 21.2. The van der Waals surface area contributed by atoms with Crippen molar-refractivity contribution in [3.05, 3.63) is 94.5 Å². The second-order valence-corrected chi connectivity index (χ2v) is 8.25. The molecule has 1 N–H and O–H groups in total. The summed E-state index contributed by atoms with van der Waals surface area (Å²) < 4.78 is 0. The van der Waals surface area contributed by atoms with E-state index in [0.717, 1.165) is 10.5 Å². The molecule has 0 saturated carbocycles. The van der Waals surface area contributed by atoms with Gasteiger partial charge in [0, 0.05) is 24.7 Å². The lowest BCUT2D eigenvalue weighted by Crippen LogP contribution is -2.37. The molecule has 0 spiro atoms. The molecule has 3 aromatic rings. The van der Waals surface area contributed by atoms with E-state index in [-0.39, 0.29) is 17.3 Å². The molecule has 0 aromatic heterocycles. The van der Waals surface area contributed by atoms with Crippen molar-refractivity contribution in [2.24, 2.45) is 5.92 Å². The number of benzene rings is 3. The van der Waals surface area contributed by atoms with Crippen molar-refractivity contribution in [3.8, 4) is 0 Å². The number of carbonyl (C=O) groups excluding carboxylic acids is 3. The second-order valence-electron chi connectivity index (χ2n) is 8.25. The van der Waals surface area contributed by atoms with Crippen LogP contribution >= 0.6 is 0 Å². The summed E-state index contributed by atoms with van der Waals surface area (Å²) in [6, 6.07) is 20.8. The molecule has 10 nitrogen and oxygen atoms in total. The van der Waals surface area contributed by atoms with Crippen LogP contribution in [-0.2, 0) is 19.2 Å². The van der Waals surface area contributed by atoms with Gasteiger partial charge in [-0.15, -0.1) is 0 Å². The van der Waals surface area contributed by atoms with E-state index in [2.05, 4.69) is 5.32 Å². The van der Waals surface area contributed by atoms with Gasteiger partial charge in [0.05, 0.1) is 22.3 Å². The highest BCUT2D eigenvalue weighted by molar-refractivity contribution is 6.24. The van der Waals surface area contributed by atoms with Crippen LogP contribution in [0.3, 0.4) is 0 Å². The number of hydroxylamine groups is 1. The second kappa shape index (κ2) is 8.65. The van der Waals surface area contributed by atoms with Gasteiger partial charge in [0.25, 0.3) is 11.6 Å². The zero-order valence-corrected chi connectivity index (χ0v) is 18.5. The van der Waals surface area contributed by atoms with Crippen molar-refractivity contribution in [3.63, 3.8) is 0 Å². The number of nitrogens with one attached hydrogen (secondary N) is 1. The molecule has 2 saturated heterocycles. The summed E-state index contributed by atoms with van der Waals surface area (Å²) in [5, 5.41) is 15.3. The highest BCUT2D eigenvalue weighted by Crippen LogP contribution is 2.47. The molecule has 5 rings (SSSR count). The van der Waals surface area contributed by atoms with E-state index in [9.17, 15) is 24.5 Å². The number of carbonyl (C=O) groups is 3. The average molecular weight is 472 g/mol. The highest BCUT2D eigenvalue weighted by Gasteiger charge is 2.60. The third-order valence-electron chi connectivity index (χ3n) is 6.02. The van der Waals surface area contributed by atoms with Crippen molar-refractivity contribution >= 4 is 40.5 Å². The molecule has 0 aliphatic carbocycles. The van der Waals surface area contributed by atoms with Gasteiger partial charge in [-0.05, 0) is 42.0 Å². The molecule has 10 heteroatoms. The summed E-state index contributed by atoms with van der Waals surface area (Å²) in [6.45, 7) is 1.41. The zero-order chi connectivity index (χ0) is 24.7. The van der Waals surface area contributed by atoms with Gasteiger partial charge in [0.15, 0.2) is 6.10 Å². The molecule has 3 aromatic carbocycles. The van der Waals surface area contributed by atoms with Crippen LogP contribution in [0.1, 0.15) is 18.5 Å². The molecule has 2 heterocycles. The lowest BCUT2D eigenvalue weighted by Gasteiger charge is -2.28. The van der Waals surface area contributed by atoms with E-state index >= 15 is 0 Å². The van der Waals surface area contributed by atoms with Gasteiger partial charge in [0.1, 0.15) is 5.92 Å². The summed E-state index contributed by atoms with van der Waals surface area (Å²) in [6.07, 6.45) is -1.06. The van der Waals surface area contributed by atoms with E-state index in [1.807, 2.05) is 30.3 Å². The van der Waals surface area contributed by atoms with Crippen LogP contribution in [-0.4, -0.2) is 28.7 Å². The number of para-hydroxylation sites is 1. The quantitative estimate of drug-likeness (QED) is 0.342. The Morgan fingerprint density at radius 3 is 2.17 bits per heavy atom. The predicted molar refractivity (Wildman–Crippen MR) is 126 cm³/mol. The number of hydrogen-bond donors (Lipinski definition) is 1. The fourth-order valence-corrected chi connectivity index (χ4v) is 4.50. The first-order valence-electron chi connectivity index (χ1n) is 10.9. The summed E-state index contributed by atoms with van der Waals surface area (Å²) >= 11 is 0. The Hall–Kier alpha value is -4.57. The van der Waals surface area contributed by atoms with Crippen LogP contribution in [0.2, 0.25) is 0 Å². The molecular formula is C25H20N4O6. The number of imide groups is 1. The highest BCUT2D eigenvalue weighted by atomic mass is 16.7. The topological polar surface area (TPSA) is 122 Å². The number of hydrogen-bond acceptors (Lipinski definition) is 7. The van der Waals surface area contributed by atoms with Crippen molar-refractivity contribution in [1.29, 1.82) is 0 Å². The molecule has 35 heavy (non-hydrogen) atoms. The Labute approximate surface area is 199 Å². The minimum Gasteiger partial charge on any atom is -0.326 e. The maximum absolute atomic E-state index is 13.6. The third-order valence-corrected chi connectivity index (χ3v) is 6.02. The van der Waals surface area contributed by atoms with Gasteiger partial charge in [-0.2, -0.15) is 0 Å². The molecule has 2 fully saturated rings. The van der Waals surface area contributed by atoms with Crippen LogP contribution in [0.5, 0.6) is 0 Å². The third kappa shape index (κ3) is 3.89. The molecule has 0 radical (unpaired) electrons. The first kappa shape index (κ1) is 22.2. The Morgan fingerprint density at radius 2 is 1.57 bits per heavy atom. The Morgan fingerprint density at radius 1 is 0.914 bits per heavy atom. The number of nitrogens with zero attached hydrogens (tertiary/aromatic N) is 3. The van der Waals surface area contributed by atoms with Crippen LogP contribution in [0.4, 0.5) is 22.7 Å². The van der Waals surface area contributed by atoms with E-state index in [1.165, 1.54) is 31.2 Å². The largest absolute Gasteiger partial charge is 0.326 e. The van der Waals surface area contributed by atoms with E-state index in [0.29, 0.717) is 11.4 Å². The number of non-ortho nitro benzene ring substituents is 1. The maximum Gasteiger partial charge on any atom is 0.269 e. The first-order valence-corrected chi connectivity index (χ1v) is 10.9. The minimum atomic E-state index is -1.06. The van der Waals surface area contributed by atoms with Gasteiger partial charge >= 0.3 is 0 Å². The van der Waals surface area contributed by atoms with Gasteiger partial charge in [-0.25, -0.2) is 9.96 Å². The van der Waals surface area contributed by atoms with Crippen molar-refractivity contribution in [2.75, 3.05) is 15.3 Å². The smallest absolute Gasteiger partial charge is 0.269 e. The molecule has 3 amide bonds. The fraction of sp³-hybridized carbons (Fsp3) is 0.160. The van der Waals surface area contributed by atoms with E-state index in [1.54, 1.807) is 29.3 Å². The maximum atomic E-state index is 13.6. The Bertz CT molecular complexity index is 1310. The minimum absolute atomic E-state index is 0.142. The number of amides is 3. The van der Waals surface area contributed by atoms with Crippen LogP contribution in [0.15, 0.2) is 78.9 Å². The molecule has 176 valence electrons. The molecule has 2 aliphatic rings. The van der Waals surface area contributed by atoms with Crippen LogP contribution in [0.25, 0.3) is 0 Å². The predicted octanol–water partition coefficient (Wildman–Crippen LogP) is 3.60. The molecule has 2 aliphatic heterocycles. The van der Waals surface area contributed by atoms with Gasteiger partial charge in [-0.1, -0.05) is 30.3 Å². The first-order chi connectivity index (χ1) is 16.8. The number of rotatable bonds is 5. The van der Waals surface area contributed by atoms with Gasteiger partial charge in [0.2, 0.25) is 11.8 Å². The monoisotopic (exact) mass is 472 g/mol. The number of anilines is 3. The summed E-state index contributed by atoms with van der Waals surface area (Å²) in [4.78, 5) is 55.8. The summed E-state index contributed by atoms with van der Waals surface area (Å²) in [5.74, 6) is -2.04. The number of nitro groups is 1. The number of fused-ring (bicyclic) bond motifs is 1. The lowest BCUT2D eigenvalue weighted by molar-refractivity contribution is -0.384. The van der Waals surface area contributed by atoms with Gasteiger partial charge < -0.3 is 5.32 Å². The number of nitro benzene ring substituents is 1. The average Bonchev–Trinajstić information content (AvgIpc) is 3.36. The summed E-state index contributed by atoms with van der Waals surface area (Å²) in [5.41, 5.74) is 2.11. The van der Waals surface area contributed by atoms with Gasteiger partial charge in [-0.3, -0.25) is 29.3 Å². The Balaban J connectivity index is 1.52. The standard InChI is InChI=1S/C25H20N4O6/c1-15(30)26-17-9-7-16(8-10-17)22-21-23(35-28(22)19-5-3-2-4-6-19)25(32)27(24(21)31)18-11-13-20(14-12-18)29(33)34/h2-14,21-23H,1H3,(H,26,30)/t21-,22-,23+/m1/s1. The van der Waals surface area contributed by atoms with E-state index in [4.69, 9.17) is 4.84 Å². The lowest BCUT2D eigenvalue weighted by atomic mass is 9.90. The van der Waals surface area contributed by atoms with Crippen LogP contribution < -0.4 is 15.3 Å². The molecule has 0 unspecified atom stereocenters. The SMILES string of the molecule is CC(=O)Nc1ccc([C@@H]2[C@H]3C(=O)N(c4ccc([N+](=O)[O-])cc4)C(=O)[C@H]3ON2c2ccccc2)cc1.